The quantitative estimate of drug-likeness (QED) is 0.848. The van der Waals surface area contributed by atoms with Crippen LogP contribution in [0.1, 0.15) is 36.0 Å². The van der Waals surface area contributed by atoms with Gasteiger partial charge in [0.05, 0.1) is 0 Å². The molecule has 5 heteroatoms. The third kappa shape index (κ3) is 4.17. The molecule has 1 aromatic carbocycles. The van der Waals surface area contributed by atoms with Crippen molar-refractivity contribution in [1.82, 2.24) is 9.80 Å². The van der Waals surface area contributed by atoms with Crippen molar-refractivity contribution in [3.05, 3.63) is 29.6 Å². The Morgan fingerprint density at radius 3 is 2.48 bits per heavy atom. The molecule has 1 aromatic rings. The number of benzene rings is 1. The molecule has 0 aromatic heterocycles. The molecule has 1 aliphatic carbocycles. The molecule has 0 aliphatic heterocycles. The van der Waals surface area contributed by atoms with E-state index in [2.05, 4.69) is 4.90 Å². The molecule has 0 saturated heterocycles. The summed E-state index contributed by atoms with van der Waals surface area (Å²) in [5.74, 6) is -0.577. The highest BCUT2D eigenvalue weighted by atomic mass is 19.1. The van der Waals surface area contributed by atoms with Crippen molar-refractivity contribution in [1.29, 1.82) is 0 Å². The van der Waals surface area contributed by atoms with Crippen LogP contribution in [0, 0.1) is 5.82 Å². The van der Waals surface area contributed by atoms with Gasteiger partial charge in [-0.05, 0) is 45.1 Å². The van der Waals surface area contributed by atoms with E-state index in [4.69, 9.17) is 5.73 Å². The topological polar surface area (TPSA) is 49.6 Å². The van der Waals surface area contributed by atoms with Gasteiger partial charge in [0.2, 0.25) is 0 Å². The van der Waals surface area contributed by atoms with Crippen molar-refractivity contribution >= 4 is 11.6 Å². The van der Waals surface area contributed by atoms with Crippen LogP contribution in [0.25, 0.3) is 0 Å². The summed E-state index contributed by atoms with van der Waals surface area (Å²) in [5, 5.41) is 0. The molecule has 21 heavy (non-hydrogen) atoms. The van der Waals surface area contributed by atoms with Crippen LogP contribution in [0.15, 0.2) is 18.2 Å². The molecule has 1 saturated carbocycles. The van der Waals surface area contributed by atoms with E-state index in [1.165, 1.54) is 12.1 Å². The number of amides is 1. The Morgan fingerprint density at radius 1 is 1.24 bits per heavy atom. The van der Waals surface area contributed by atoms with Crippen molar-refractivity contribution < 1.29 is 9.18 Å². The van der Waals surface area contributed by atoms with Gasteiger partial charge in [0.1, 0.15) is 5.82 Å². The zero-order valence-corrected chi connectivity index (χ0v) is 12.8. The summed E-state index contributed by atoms with van der Waals surface area (Å²) in [6.45, 7) is 1.46. The zero-order valence-electron chi connectivity index (χ0n) is 12.8. The number of rotatable bonds is 5. The van der Waals surface area contributed by atoms with E-state index in [9.17, 15) is 9.18 Å². The van der Waals surface area contributed by atoms with Gasteiger partial charge in [-0.25, -0.2) is 4.39 Å². The Morgan fingerprint density at radius 2 is 1.90 bits per heavy atom. The average Bonchev–Trinajstić information content (AvgIpc) is 2.91. The summed E-state index contributed by atoms with van der Waals surface area (Å²) >= 11 is 0. The van der Waals surface area contributed by atoms with Gasteiger partial charge < -0.3 is 15.5 Å². The van der Waals surface area contributed by atoms with E-state index in [1.54, 1.807) is 6.07 Å². The lowest BCUT2D eigenvalue weighted by Gasteiger charge is -2.30. The third-order valence-corrected chi connectivity index (χ3v) is 3.98. The maximum absolute atomic E-state index is 13.5. The van der Waals surface area contributed by atoms with Gasteiger partial charge in [-0.3, -0.25) is 4.79 Å². The predicted molar refractivity (Wildman–Crippen MR) is 82.7 cm³/mol. The fourth-order valence-corrected chi connectivity index (χ4v) is 2.88. The van der Waals surface area contributed by atoms with Crippen LogP contribution < -0.4 is 5.73 Å². The second-order valence-electron chi connectivity index (χ2n) is 6.01. The van der Waals surface area contributed by atoms with Crippen LogP contribution >= 0.6 is 0 Å². The smallest absolute Gasteiger partial charge is 0.254 e. The molecule has 2 rings (SSSR count). The maximum Gasteiger partial charge on any atom is 0.254 e. The molecule has 1 fully saturated rings. The largest absolute Gasteiger partial charge is 0.399 e. The number of nitrogens with two attached hydrogens (primary N) is 1. The molecule has 0 radical (unpaired) electrons. The summed E-state index contributed by atoms with van der Waals surface area (Å²) in [5.41, 5.74) is 6.29. The second-order valence-corrected chi connectivity index (χ2v) is 6.01. The van der Waals surface area contributed by atoms with Crippen LogP contribution in [0.5, 0.6) is 0 Å². The number of hydrogen-bond donors (Lipinski definition) is 1. The molecule has 0 bridgehead atoms. The minimum absolute atomic E-state index is 0.116. The molecule has 1 amide bonds. The van der Waals surface area contributed by atoms with Gasteiger partial charge in [0.25, 0.3) is 5.91 Å². The summed E-state index contributed by atoms with van der Waals surface area (Å²) in [6, 6.07) is 4.33. The number of nitrogens with zero attached hydrogens (tertiary/aromatic N) is 2. The Balaban J connectivity index is 2.19. The average molecular weight is 293 g/mol. The van der Waals surface area contributed by atoms with Crippen LogP contribution in [0.4, 0.5) is 10.1 Å². The number of carbonyl (C=O) groups excluding carboxylic acids is 1. The van der Waals surface area contributed by atoms with Gasteiger partial charge in [-0.15, -0.1) is 0 Å². The first kappa shape index (κ1) is 15.8. The van der Waals surface area contributed by atoms with Gasteiger partial charge >= 0.3 is 0 Å². The van der Waals surface area contributed by atoms with Crippen molar-refractivity contribution in [2.24, 2.45) is 0 Å². The summed E-state index contributed by atoms with van der Waals surface area (Å²) in [6.07, 6.45) is 4.37. The lowest BCUT2D eigenvalue weighted by atomic mass is 10.1. The molecule has 0 unspecified atom stereocenters. The van der Waals surface area contributed by atoms with E-state index in [0.717, 1.165) is 32.2 Å². The third-order valence-electron chi connectivity index (χ3n) is 3.98. The fourth-order valence-electron chi connectivity index (χ4n) is 2.88. The number of hydrogen-bond acceptors (Lipinski definition) is 3. The van der Waals surface area contributed by atoms with Crippen LogP contribution in [-0.2, 0) is 0 Å². The summed E-state index contributed by atoms with van der Waals surface area (Å²) in [4.78, 5) is 16.7. The normalized spacial score (nSPS) is 15.6. The molecule has 0 heterocycles. The molecule has 0 spiro atoms. The number of anilines is 1. The minimum atomic E-state index is -0.461. The number of halogens is 1. The standard InChI is InChI=1S/C16H24FN3O/c1-19(2)7-8-20(15-5-3-4-6-15)16(21)12-9-13(17)11-14(18)10-12/h9-11,15H,3-8,18H2,1-2H3. The first-order chi connectivity index (χ1) is 9.97. The lowest BCUT2D eigenvalue weighted by molar-refractivity contribution is 0.0667. The van der Waals surface area contributed by atoms with E-state index in [0.29, 0.717) is 12.1 Å². The first-order valence-electron chi connectivity index (χ1n) is 7.49. The molecule has 1 aliphatic rings. The van der Waals surface area contributed by atoms with Crippen LogP contribution in [-0.4, -0.2) is 48.9 Å². The minimum Gasteiger partial charge on any atom is -0.399 e. The second kappa shape index (κ2) is 6.89. The molecule has 4 nitrogen and oxygen atoms in total. The van der Waals surface area contributed by atoms with E-state index < -0.39 is 5.82 Å². The van der Waals surface area contributed by atoms with E-state index in [-0.39, 0.29) is 17.6 Å². The predicted octanol–water partition coefficient (Wildman–Crippen LogP) is 2.35. The fraction of sp³-hybridized carbons (Fsp3) is 0.562. The highest BCUT2D eigenvalue weighted by molar-refractivity contribution is 5.95. The number of carbonyl (C=O) groups is 1. The van der Waals surface area contributed by atoms with Crippen LogP contribution in [0.3, 0.4) is 0 Å². The number of likely N-dealkylation sites (N-methyl/N-ethyl adjacent to an activating group) is 1. The molecule has 2 N–H and O–H groups in total. The van der Waals surface area contributed by atoms with Crippen molar-refractivity contribution in [3.8, 4) is 0 Å². The van der Waals surface area contributed by atoms with Gasteiger partial charge in [-0.1, -0.05) is 12.8 Å². The van der Waals surface area contributed by atoms with Crippen LogP contribution in [0.2, 0.25) is 0 Å². The number of nitrogen functional groups attached to an aromatic ring is 1. The zero-order chi connectivity index (χ0) is 15.4. The summed E-state index contributed by atoms with van der Waals surface area (Å²) in [7, 11) is 3.97. The van der Waals surface area contributed by atoms with Gasteiger partial charge in [-0.2, -0.15) is 0 Å². The highest BCUT2D eigenvalue weighted by Crippen LogP contribution is 2.25. The SMILES string of the molecule is CN(C)CCN(C(=O)c1cc(N)cc(F)c1)C1CCCC1. The Bertz CT molecular complexity index is 478. The molecule has 116 valence electrons. The maximum atomic E-state index is 13.5. The van der Waals surface area contributed by atoms with E-state index >= 15 is 0 Å². The highest BCUT2D eigenvalue weighted by Gasteiger charge is 2.27. The Kier molecular flexibility index (Phi) is 5.17. The molecular formula is C16H24FN3O. The Labute approximate surface area is 125 Å². The first-order valence-corrected chi connectivity index (χ1v) is 7.49. The van der Waals surface area contributed by atoms with Crippen molar-refractivity contribution in [2.45, 2.75) is 31.7 Å². The summed E-state index contributed by atoms with van der Waals surface area (Å²) < 4.78 is 13.5. The van der Waals surface area contributed by atoms with E-state index in [1.807, 2.05) is 19.0 Å². The monoisotopic (exact) mass is 293 g/mol. The van der Waals surface area contributed by atoms with Gasteiger partial charge in [0, 0.05) is 30.4 Å². The van der Waals surface area contributed by atoms with Crippen molar-refractivity contribution in [2.75, 3.05) is 32.9 Å². The molecular weight excluding hydrogens is 269 g/mol. The Hall–Kier alpha value is -1.62. The molecule has 0 atom stereocenters. The van der Waals surface area contributed by atoms with Crippen molar-refractivity contribution in [3.63, 3.8) is 0 Å². The van der Waals surface area contributed by atoms with Gasteiger partial charge in [0.15, 0.2) is 0 Å². The lowest BCUT2D eigenvalue weighted by Crippen LogP contribution is -2.42.